The quantitative estimate of drug-likeness (QED) is 0.167. The average Bonchev–Trinajstić information content (AvgIpc) is 3.61. The van der Waals surface area contributed by atoms with Gasteiger partial charge in [0.05, 0.1) is 28.1 Å². The van der Waals surface area contributed by atoms with Crippen molar-refractivity contribution in [3.8, 4) is 50.8 Å². The van der Waals surface area contributed by atoms with E-state index in [2.05, 4.69) is 169 Å². The van der Waals surface area contributed by atoms with Crippen LogP contribution in [0.2, 0.25) is 0 Å². The van der Waals surface area contributed by atoms with Crippen molar-refractivity contribution in [1.29, 1.82) is 0 Å². The second-order valence-electron chi connectivity index (χ2n) is 14.9. The third kappa shape index (κ3) is 5.33. The SMILES string of the molecule is CC1C=Cc2c(n(-c3ccc(-c4cc(-c5ccccc5)nc(-c5ccccc5)n4)cc3)c3c2c(-c2ccc4ccc5ccccc5c4c2)nc2ccccc23)C1. The number of fused-ring (bicyclic) bond motifs is 8. The number of aromatic nitrogens is 4. The Hall–Kier alpha value is -7.17. The molecule has 1 unspecified atom stereocenters. The third-order valence-electron chi connectivity index (χ3n) is 11.3. The summed E-state index contributed by atoms with van der Waals surface area (Å²) >= 11 is 0. The minimum absolute atomic E-state index is 0.411. The van der Waals surface area contributed by atoms with Crippen molar-refractivity contribution in [3.05, 3.63) is 187 Å². The number of para-hydroxylation sites is 1. The van der Waals surface area contributed by atoms with Gasteiger partial charge in [0.1, 0.15) is 0 Å². The first kappa shape index (κ1) is 32.3. The number of pyridine rings is 1. The van der Waals surface area contributed by atoms with Crippen LogP contribution in [0.5, 0.6) is 0 Å². The highest BCUT2D eigenvalue weighted by atomic mass is 15.0. The molecule has 7 aromatic carbocycles. The molecule has 0 aliphatic heterocycles. The summed E-state index contributed by atoms with van der Waals surface area (Å²) in [7, 11) is 0. The van der Waals surface area contributed by atoms with Gasteiger partial charge in [-0.05, 0) is 64.2 Å². The van der Waals surface area contributed by atoms with Gasteiger partial charge in [-0.1, -0.05) is 159 Å². The number of rotatable bonds is 5. The van der Waals surface area contributed by atoms with Gasteiger partial charge >= 0.3 is 0 Å². The average molecular weight is 717 g/mol. The van der Waals surface area contributed by atoms with Gasteiger partial charge in [-0.25, -0.2) is 15.0 Å². The molecule has 11 rings (SSSR count). The summed E-state index contributed by atoms with van der Waals surface area (Å²) in [6, 6.07) is 60.2. The summed E-state index contributed by atoms with van der Waals surface area (Å²) in [5.41, 5.74) is 12.9. The molecule has 264 valence electrons. The van der Waals surface area contributed by atoms with Crippen LogP contribution in [0.1, 0.15) is 18.2 Å². The zero-order valence-corrected chi connectivity index (χ0v) is 30.9. The van der Waals surface area contributed by atoms with Crippen LogP contribution in [0.3, 0.4) is 0 Å². The topological polar surface area (TPSA) is 43.6 Å². The molecule has 0 radical (unpaired) electrons. The van der Waals surface area contributed by atoms with Crippen molar-refractivity contribution < 1.29 is 0 Å². The molecule has 0 fully saturated rings. The van der Waals surface area contributed by atoms with Crippen LogP contribution < -0.4 is 0 Å². The highest BCUT2D eigenvalue weighted by Gasteiger charge is 2.26. The summed E-state index contributed by atoms with van der Waals surface area (Å²) in [5, 5.41) is 7.31. The number of benzene rings is 7. The van der Waals surface area contributed by atoms with E-state index in [4.69, 9.17) is 15.0 Å². The molecular formula is C52H36N4. The molecule has 4 heteroatoms. The molecule has 0 amide bonds. The minimum atomic E-state index is 0.411. The zero-order valence-electron chi connectivity index (χ0n) is 30.9. The lowest BCUT2D eigenvalue weighted by molar-refractivity contribution is 0.691. The van der Waals surface area contributed by atoms with Crippen LogP contribution in [0.4, 0.5) is 0 Å². The van der Waals surface area contributed by atoms with Gasteiger partial charge in [-0.2, -0.15) is 0 Å². The lowest BCUT2D eigenvalue weighted by Gasteiger charge is -2.18. The van der Waals surface area contributed by atoms with Crippen molar-refractivity contribution in [2.24, 2.45) is 5.92 Å². The second-order valence-corrected chi connectivity index (χ2v) is 14.9. The smallest absolute Gasteiger partial charge is 0.160 e. The van der Waals surface area contributed by atoms with Gasteiger partial charge in [-0.15, -0.1) is 0 Å². The van der Waals surface area contributed by atoms with Crippen LogP contribution in [-0.2, 0) is 6.42 Å². The minimum Gasteiger partial charge on any atom is -0.312 e. The summed E-state index contributed by atoms with van der Waals surface area (Å²) in [5.74, 6) is 1.12. The van der Waals surface area contributed by atoms with Crippen molar-refractivity contribution in [3.63, 3.8) is 0 Å². The van der Waals surface area contributed by atoms with E-state index in [1.54, 1.807) is 0 Å². The standard InChI is InChI=1S/C52H36N4/c1-33-20-29-43-48(30-33)56(40-27-25-37(26-28-40)47-32-46(36-13-4-2-5-14-36)54-52(55-47)38-15-6-3-7-16-38)51-42-18-10-11-19-45(42)53-50(49(43)51)39-24-23-35-22-21-34-12-8-9-17-41(34)44(35)31-39/h2-29,31-33H,30H2,1H3. The molecule has 3 heterocycles. The Labute approximate surface area is 325 Å². The Morgan fingerprint density at radius 2 is 1.12 bits per heavy atom. The molecule has 0 N–H and O–H groups in total. The Morgan fingerprint density at radius 1 is 0.518 bits per heavy atom. The second kappa shape index (κ2) is 13.0. The lowest BCUT2D eigenvalue weighted by Crippen LogP contribution is -2.08. The maximum Gasteiger partial charge on any atom is 0.160 e. The van der Waals surface area contributed by atoms with E-state index in [-0.39, 0.29) is 0 Å². The molecule has 4 nitrogen and oxygen atoms in total. The fraction of sp³-hybridized carbons (Fsp3) is 0.0577. The van der Waals surface area contributed by atoms with Gasteiger partial charge in [0.15, 0.2) is 5.82 Å². The predicted octanol–water partition coefficient (Wildman–Crippen LogP) is 13.1. The van der Waals surface area contributed by atoms with Gasteiger partial charge < -0.3 is 4.57 Å². The maximum atomic E-state index is 5.45. The largest absolute Gasteiger partial charge is 0.312 e. The Kier molecular flexibility index (Phi) is 7.49. The predicted molar refractivity (Wildman–Crippen MR) is 233 cm³/mol. The summed E-state index contributed by atoms with van der Waals surface area (Å²) in [6.45, 7) is 2.31. The van der Waals surface area contributed by atoms with Gasteiger partial charge in [-0.3, -0.25) is 0 Å². The van der Waals surface area contributed by atoms with Crippen molar-refractivity contribution in [2.75, 3.05) is 0 Å². The van der Waals surface area contributed by atoms with Crippen molar-refractivity contribution in [1.82, 2.24) is 19.5 Å². The fourth-order valence-electron chi connectivity index (χ4n) is 8.59. The molecule has 0 saturated heterocycles. The fourth-order valence-corrected chi connectivity index (χ4v) is 8.59. The summed E-state index contributed by atoms with van der Waals surface area (Å²) < 4.78 is 2.50. The highest BCUT2D eigenvalue weighted by molar-refractivity contribution is 6.15. The lowest BCUT2D eigenvalue weighted by atomic mass is 9.92. The Morgan fingerprint density at radius 3 is 1.89 bits per heavy atom. The van der Waals surface area contributed by atoms with E-state index in [0.717, 1.165) is 62.3 Å². The van der Waals surface area contributed by atoms with Crippen LogP contribution in [-0.4, -0.2) is 19.5 Å². The van der Waals surface area contributed by atoms with E-state index in [0.29, 0.717) is 11.7 Å². The molecule has 1 aliphatic rings. The monoisotopic (exact) mass is 716 g/mol. The number of hydrogen-bond acceptors (Lipinski definition) is 3. The third-order valence-corrected chi connectivity index (χ3v) is 11.3. The molecule has 10 aromatic rings. The van der Waals surface area contributed by atoms with E-state index in [1.165, 1.54) is 43.7 Å². The first-order valence-electron chi connectivity index (χ1n) is 19.3. The molecule has 1 atom stereocenters. The van der Waals surface area contributed by atoms with Crippen molar-refractivity contribution >= 4 is 49.4 Å². The Balaban J connectivity index is 1.12. The zero-order chi connectivity index (χ0) is 37.2. The van der Waals surface area contributed by atoms with Crippen molar-refractivity contribution in [2.45, 2.75) is 13.3 Å². The highest BCUT2D eigenvalue weighted by Crippen LogP contribution is 2.44. The van der Waals surface area contributed by atoms with Crippen LogP contribution in [0.15, 0.2) is 176 Å². The van der Waals surface area contributed by atoms with E-state index in [9.17, 15) is 0 Å². The Bertz CT molecular complexity index is 3100. The first-order chi connectivity index (χ1) is 27.7. The first-order valence-corrected chi connectivity index (χ1v) is 19.3. The van der Waals surface area contributed by atoms with E-state index >= 15 is 0 Å². The van der Waals surface area contributed by atoms with E-state index in [1.807, 2.05) is 24.3 Å². The summed E-state index contributed by atoms with van der Waals surface area (Å²) in [6.07, 6.45) is 5.63. The summed E-state index contributed by atoms with van der Waals surface area (Å²) in [4.78, 5) is 15.6. The van der Waals surface area contributed by atoms with Crippen LogP contribution >= 0.6 is 0 Å². The number of nitrogens with zero attached hydrogens (tertiary/aromatic N) is 4. The number of allylic oxidation sites excluding steroid dienone is 1. The number of hydrogen-bond donors (Lipinski definition) is 0. The molecule has 0 saturated carbocycles. The normalized spacial score (nSPS) is 13.8. The molecule has 1 aliphatic carbocycles. The van der Waals surface area contributed by atoms with Gasteiger partial charge in [0, 0.05) is 50.0 Å². The van der Waals surface area contributed by atoms with Crippen LogP contribution in [0, 0.1) is 5.92 Å². The van der Waals surface area contributed by atoms with Gasteiger partial charge in [0.25, 0.3) is 0 Å². The van der Waals surface area contributed by atoms with E-state index < -0.39 is 0 Å². The maximum absolute atomic E-state index is 5.45. The van der Waals surface area contributed by atoms with Gasteiger partial charge in [0.2, 0.25) is 0 Å². The molecule has 56 heavy (non-hydrogen) atoms. The van der Waals surface area contributed by atoms with Crippen LogP contribution in [0.25, 0.3) is 100 Å². The molecule has 0 spiro atoms. The molecular weight excluding hydrogens is 681 g/mol. The molecule has 0 bridgehead atoms. The molecule has 3 aromatic heterocycles.